The molecule has 0 aromatic heterocycles. The SMILES string of the molecule is COC(=O)C(=O)c1ccc(OC(C)(C)C)cc1. The summed E-state index contributed by atoms with van der Waals surface area (Å²) in [6, 6.07) is 6.39. The van der Waals surface area contributed by atoms with Gasteiger partial charge in [0.2, 0.25) is 0 Å². The molecule has 0 aliphatic rings. The number of ether oxygens (including phenoxy) is 2. The average Bonchev–Trinajstić information content (AvgIpc) is 2.26. The Morgan fingerprint density at radius 3 is 2.00 bits per heavy atom. The molecule has 1 rings (SSSR count). The molecule has 0 aliphatic heterocycles. The van der Waals surface area contributed by atoms with E-state index in [2.05, 4.69) is 4.74 Å². The molecule has 4 nitrogen and oxygen atoms in total. The van der Waals surface area contributed by atoms with Gasteiger partial charge in [0.15, 0.2) is 0 Å². The third-order valence-corrected chi connectivity index (χ3v) is 1.91. The van der Waals surface area contributed by atoms with Crippen LogP contribution in [0, 0.1) is 0 Å². The number of hydrogen-bond acceptors (Lipinski definition) is 4. The normalized spacial score (nSPS) is 10.8. The Labute approximate surface area is 101 Å². The lowest BCUT2D eigenvalue weighted by Gasteiger charge is -2.21. The van der Waals surface area contributed by atoms with Crippen LogP contribution in [0.1, 0.15) is 31.1 Å². The second-order valence-electron chi connectivity index (χ2n) is 4.56. The van der Waals surface area contributed by atoms with Gasteiger partial charge in [-0.25, -0.2) is 4.79 Å². The predicted octanol–water partition coefficient (Wildman–Crippen LogP) is 2.22. The summed E-state index contributed by atoms with van der Waals surface area (Å²) >= 11 is 0. The highest BCUT2D eigenvalue weighted by molar-refractivity contribution is 6.40. The van der Waals surface area contributed by atoms with Crippen molar-refractivity contribution >= 4 is 11.8 Å². The molecule has 0 amide bonds. The Morgan fingerprint density at radius 2 is 1.59 bits per heavy atom. The lowest BCUT2D eigenvalue weighted by atomic mass is 10.1. The molecule has 0 bridgehead atoms. The standard InChI is InChI=1S/C13H16O4/c1-13(2,3)17-10-7-5-9(6-8-10)11(14)12(15)16-4/h5-8H,1-4H3. The van der Waals surface area contributed by atoms with Gasteiger partial charge in [0.1, 0.15) is 11.4 Å². The van der Waals surface area contributed by atoms with Crippen LogP contribution >= 0.6 is 0 Å². The minimum atomic E-state index is -0.866. The summed E-state index contributed by atoms with van der Waals surface area (Å²) < 4.78 is 9.95. The van der Waals surface area contributed by atoms with E-state index in [1.165, 1.54) is 7.11 Å². The van der Waals surface area contributed by atoms with Gasteiger partial charge in [-0.3, -0.25) is 4.79 Å². The van der Waals surface area contributed by atoms with Crippen molar-refractivity contribution in [2.45, 2.75) is 26.4 Å². The van der Waals surface area contributed by atoms with E-state index < -0.39 is 11.8 Å². The summed E-state index contributed by atoms with van der Waals surface area (Å²) in [5.74, 6) is -0.872. The van der Waals surface area contributed by atoms with Gasteiger partial charge in [0.05, 0.1) is 7.11 Å². The van der Waals surface area contributed by atoms with Gasteiger partial charge in [-0.2, -0.15) is 0 Å². The Balaban J connectivity index is 2.82. The Hall–Kier alpha value is -1.84. The number of carbonyl (C=O) groups is 2. The van der Waals surface area contributed by atoms with Crippen molar-refractivity contribution in [2.75, 3.05) is 7.11 Å². The summed E-state index contributed by atoms with van der Waals surface area (Å²) in [4.78, 5) is 22.5. The number of esters is 1. The molecule has 92 valence electrons. The highest BCUT2D eigenvalue weighted by atomic mass is 16.5. The quantitative estimate of drug-likeness (QED) is 0.458. The highest BCUT2D eigenvalue weighted by Crippen LogP contribution is 2.18. The van der Waals surface area contributed by atoms with Crippen molar-refractivity contribution in [3.05, 3.63) is 29.8 Å². The van der Waals surface area contributed by atoms with E-state index in [9.17, 15) is 9.59 Å². The first-order chi connectivity index (χ1) is 7.83. The molecule has 17 heavy (non-hydrogen) atoms. The number of hydrogen-bond donors (Lipinski definition) is 0. The maximum Gasteiger partial charge on any atom is 0.379 e. The average molecular weight is 236 g/mol. The molecule has 0 aliphatic carbocycles. The molecule has 0 heterocycles. The summed E-state index contributed by atoms with van der Waals surface area (Å²) in [5, 5.41) is 0. The molecule has 1 aromatic rings. The van der Waals surface area contributed by atoms with Crippen LogP contribution in [0.2, 0.25) is 0 Å². The monoisotopic (exact) mass is 236 g/mol. The molecular weight excluding hydrogens is 220 g/mol. The van der Waals surface area contributed by atoms with Crippen molar-refractivity contribution in [3.63, 3.8) is 0 Å². The van der Waals surface area contributed by atoms with Gasteiger partial charge in [-0.15, -0.1) is 0 Å². The third kappa shape index (κ3) is 3.90. The number of methoxy groups -OCH3 is 1. The van der Waals surface area contributed by atoms with Crippen LogP contribution in [0.4, 0.5) is 0 Å². The van der Waals surface area contributed by atoms with Crippen molar-refractivity contribution in [1.82, 2.24) is 0 Å². The minimum absolute atomic E-state index is 0.290. The summed E-state index contributed by atoms with van der Waals surface area (Å²) in [6.45, 7) is 5.79. The molecule has 4 heteroatoms. The van der Waals surface area contributed by atoms with Crippen molar-refractivity contribution in [1.29, 1.82) is 0 Å². The molecule has 0 fully saturated rings. The van der Waals surface area contributed by atoms with E-state index in [1.54, 1.807) is 24.3 Å². The predicted molar refractivity (Wildman–Crippen MR) is 63.2 cm³/mol. The van der Waals surface area contributed by atoms with Gasteiger partial charge >= 0.3 is 5.97 Å². The Morgan fingerprint density at radius 1 is 1.06 bits per heavy atom. The molecule has 0 N–H and O–H groups in total. The summed E-state index contributed by atoms with van der Waals surface area (Å²) in [7, 11) is 1.18. The first-order valence-corrected chi connectivity index (χ1v) is 5.25. The fourth-order valence-electron chi connectivity index (χ4n) is 1.24. The van der Waals surface area contributed by atoms with Crippen LogP contribution in [0.15, 0.2) is 24.3 Å². The molecule has 1 aromatic carbocycles. The van der Waals surface area contributed by atoms with Crippen LogP contribution in [0.3, 0.4) is 0 Å². The van der Waals surface area contributed by atoms with Crippen LogP contribution < -0.4 is 4.74 Å². The maximum atomic E-state index is 11.5. The van der Waals surface area contributed by atoms with E-state index in [1.807, 2.05) is 20.8 Å². The van der Waals surface area contributed by atoms with Gasteiger partial charge in [0.25, 0.3) is 5.78 Å². The Bertz CT molecular complexity index is 412. The van der Waals surface area contributed by atoms with E-state index >= 15 is 0 Å². The number of benzene rings is 1. The maximum absolute atomic E-state index is 11.5. The second-order valence-corrected chi connectivity index (χ2v) is 4.56. The van der Waals surface area contributed by atoms with Crippen LogP contribution in [0.5, 0.6) is 5.75 Å². The number of rotatable bonds is 3. The zero-order valence-electron chi connectivity index (χ0n) is 10.4. The van der Waals surface area contributed by atoms with E-state index in [4.69, 9.17) is 4.74 Å². The topological polar surface area (TPSA) is 52.6 Å². The largest absolute Gasteiger partial charge is 0.488 e. The van der Waals surface area contributed by atoms with Crippen LogP contribution in [-0.4, -0.2) is 24.5 Å². The van der Waals surface area contributed by atoms with E-state index in [0.717, 1.165) is 0 Å². The minimum Gasteiger partial charge on any atom is -0.488 e. The Kier molecular flexibility index (Phi) is 3.89. The van der Waals surface area contributed by atoms with Gasteiger partial charge in [-0.1, -0.05) is 0 Å². The molecule has 0 spiro atoms. The second kappa shape index (κ2) is 4.99. The van der Waals surface area contributed by atoms with Crippen LogP contribution in [0.25, 0.3) is 0 Å². The molecular formula is C13H16O4. The van der Waals surface area contributed by atoms with Crippen molar-refractivity contribution < 1.29 is 19.1 Å². The van der Waals surface area contributed by atoms with Gasteiger partial charge in [0, 0.05) is 5.56 Å². The third-order valence-electron chi connectivity index (χ3n) is 1.91. The fourth-order valence-corrected chi connectivity index (χ4v) is 1.24. The number of ketones is 1. The fraction of sp³-hybridized carbons (Fsp3) is 0.385. The van der Waals surface area contributed by atoms with Gasteiger partial charge in [-0.05, 0) is 45.0 Å². The first-order valence-electron chi connectivity index (χ1n) is 5.25. The smallest absolute Gasteiger partial charge is 0.379 e. The zero-order valence-corrected chi connectivity index (χ0v) is 10.4. The molecule has 0 unspecified atom stereocenters. The molecule has 0 radical (unpaired) electrons. The first kappa shape index (κ1) is 13.2. The van der Waals surface area contributed by atoms with Crippen molar-refractivity contribution in [3.8, 4) is 5.75 Å². The number of Topliss-reactive ketones (excluding diaryl/α,β-unsaturated/α-hetero) is 1. The van der Waals surface area contributed by atoms with E-state index in [0.29, 0.717) is 5.75 Å². The number of carbonyl (C=O) groups excluding carboxylic acids is 2. The molecule has 0 saturated heterocycles. The van der Waals surface area contributed by atoms with Crippen LogP contribution in [-0.2, 0) is 9.53 Å². The molecule has 0 atom stereocenters. The molecule has 0 saturated carbocycles. The van der Waals surface area contributed by atoms with E-state index in [-0.39, 0.29) is 11.2 Å². The zero-order chi connectivity index (χ0) is 13.1. The highest BCUT2D eigenvalue weighted by Gasteiger charge is 2.17. The van der Waals surface area contributed by atoms with Gasteiger partial charge < -0.3 is 9.47 Å². The summed E-state index contributed by atoms with van der Waals surface area (Å²) in [6.07, 6.45) is 0. The van der Waals surface area contributed by atoms with Crippen molar-refractivity contribution in [2.24, 2.45) is 0 Å². The summed E-state index contributed by atoms with van der Waals surface area (Å²) in [5.41, 5.74) is -0.00783. The lowest BCUT2D eigenvalue weighted by Crippen LogP contribution is -2.23. The lowest BCUT2D eigenvalue weighted by molar-refractivity contribution is -0.135.